The van der Waals surface area contributed by atoms with Gasteiger partial charge in [0.15, 0.2) is 6.61 Å². The molecule has 1 unspecified atom stereocenters. The van der Waals surface area contributed by atoms with E-state index in [1.165, 1.54) is 0 Å². The van der Waals surface area contributed by atoms with E-state index in [0.29, 0.717) is 39.5 Å². The molecule has 1 atom stereocenters. The Morgan fingerprint density at radius 3 is 2.47 bits per heavy atom. The fourth-order valence-corrected chi connectivity index (χ4v) is 3.95. The van der Waals surface area contributed by atoms with Gasteiger partial charge in [0.25, 0.3) is 11.8 Å². The van der Waals surface area contributed by atoms with Gasteiger partial charge in [0.05, 0.1) is 10.6 Å². The highest BCUT2D eigenvalue weighted by molar-refractivity contribution is 9.10. The summed E-state index contributed by atoms with van der Waals surface area (Å²) in [4.78, 5) is 24.9. The molecule has 3 aromatic carbocycles. The standard InChI is InChI=1S/C26H25BrN2O5/c27-23-14-18(11-12-24(23)34-16-22-10-5-13-32-22)26(31)29-20-7-4-6-19(15-20)28-25(30)17-33-21-8-2-1-3-9-21/h1-4,6-9,11-12,14-15,22H,5,10,13,16-17H2,(H,28,30)(H,29,31). The molecule has 0 bridgehead atoms. The summed E-state index contributed by atoms with van der Waals surface area (Å²) in [5, 5.41) is 5.62. The number of amides is 2. The maximum Gasteiger partial charge on any atom is 0.262 e. The molecule has 2 amide bonds. The summed E-state index contributed by atoms with van der Waals surface area (Å²) in [5.74, 6) is 0.708. The minimum atomic E-state index is -0.296. The lowest BCUT2D eigenvalue weighted by atomic mass is 10.2. The van der Waals surface area contributed by atoms with E-state index in [1.807, 2.05) is 18.2 Å². The van der Waals surface area contributed by atoms with Crippen LogP contribution in [0.4, 0.5) is 11.4 Å². The molecule has 0 spiro atoms. The van der Waals surface area contributed by atoms with E-state index < -0.39 is 0 Å². The van der Waals surface area contributed by atoms with Crippen LogP contribution < -0.4 is 20.1 Å². The van der Waals surface area contributed by atoms with Crippen LogP contribution in [0.15, 0.2) is 77.3 Å². The Hall–Kier alpha value is -3.36. The van der Waals surface area contributed by atoms with Crippen molar-refractivity contribution >= 4 is 39.1 Å². The van der Waals surface area contributed by atoms with E-state index in [-0.39, 0.29) is 24.5 Å². The number of hydrogen-bond donors (Lipinski definition) is 2. The van der Waals surface area contributed by atoms with Gasteiger partial charge in [-0.25, -0.2) is 0 Å². The second kappa shape index (κ2) is 11.7. The van der Waals surface area contributed by atoms with Gasteiger partial charge in [-0.3, -0.25) is 9.59 Å². The Morgan fingerprint density at radius 2 is 1.74 bits per heavy atom. The van der Waals surface area contributed by atoms with Crippen LogP contribution in [0.3, 0.4) is 0 Å². The van der Waals surface area contributed by atoms with Crippen molar-refractivity contribution in [3.63, 3.8) is 0 Å². The topological polar surface area (TPSA) is 85.9 Å². The molecule has 4 rings (SSSR count). The summed E-state index contributed by atoms with van der Waals surface area (Å²) < 4.78 is 17.5. The molecule has 0 saturated carbocycles. The zero-order chi connectivity index (χ0) is 23.8. The highest BCUT2D eigenvalue weighted by Crippen LogP contribution is 2.27. The van der Waals surface area contributed by atoms with E-state index in [4.69, 9.17) is 14.2 Å². The molecule has 1 saturated heterocycles. The molecular weight excluding hydrogens is 500 g/mol. The normalized spacial score (nSPS) is 14.9. The van der Waals surface area contributed by atoms with Crippen molar-refractivity contribution in [3.8, 4) is 11.5 Å². The molecule has 1 heterocycles. The summed E-state index contributed by atoms with van der Waals surface area (Å²) in [5.41, 5.74) is 1.59. The Balaban J connectivity index is 1.30. The number of anilines is 2. The summed E-state index contributed by atoms with van der Waals surface area (Å²) >= 11 is 3.48. The fourth-order valence-electron chi connectivity index (χ4n) is 3.46. The van der Waals surface area contributed by atoms with Gasteiger partial charge in [0, 0.05) is 23.5 Å². The van der Waals surface area contributed by atoms with Gasteiger partial charge >= 0.3 is 0 Å². The number of hydrogen-bond acceptors (Lipinski definition) is 5. The second-order valence-electron chi connectivity index (χ2n) is 7.78. The number of carbonyl (C=O) groups is 2. The van der Waals surface area contributed by atoms with Crippen molar-refractivity contribution in [1.29, 1.82) is 0 Å². The van der Waals surface area contributed by atoms with Crippen LogP contribution in [-0.2, 0) is 9.53 Å². The molecule has 3 aromatic rings. The first-order valence-electron chi connectivity index (χ1n) is 11.0. The lowest BCUT2D eigenvalue weighted by molar-refractivity contribution is -0.118. The molecule has 2 N–H and O–H groups in total. The highest BCUT2D eigenvalue weighted by Gasteiger charge is 2.17. The predicted molar refractivity (Wildman–Crippen MR) is 134 cm³/mol. The Kier molecular flexibility index (Phi) is 8.17. The van der Waals surface area contributed by atoms with Crippen LogP contribution in [0, 0.1) is 0 Å². The summed E-state index contributed by atoms with van der Waals surface area (Å²) in [7, 11) is 0. The molecule has 1 aliphatic heterocycles. The molecule has 34 heavy (non-hydrogen) atoms. The van der Waals surface area contributed by atoms with E-state index >= 15 is 0 Å². The van der Waals surface area contributed by atoms with Gasteiger partial charge < -0.3 is 24.8 Å². The molecule has 1 fully saturated rings. The van der Waals surface area contributed by atoms with Gasteiger partial charge in [0.2, 0.25) is 0 Å². The van der Waals surface area contributed by atoms with Gasteiger partial charge in [-0.05, 0) is 77.3 Å². The zero-order valence-corrected chi connectivity index (χ0v) is 20.0. The van der Waals surface area contributed by atoms with E-state index in [0.717, 1.165) is 19.4 Å². The van der Waals surface area contributed by atoms with Crippen LogP contribution in [-0.4, -0.2) is 37.7 Å². The zero-order valence-electron chi connectivity index (χ0n) is 18.5. The Bertz CT molecular complexity index is 1130. The van der Waals surface area contributed by atoms with Crippen molar-refractivity contribution < 1.29 is 23.8 Å². The van der Waals surface area contributed by atoms with Crippen LogP contribution in [0.5, 0.6) is 11.5 Å². The van der Waals surface area contributed by atoms with Crippen molar-refractivity contribution in [3.05, 3.63) is 82.8 Å². The fraction of sp³-hybridized carbons (Fsp3) is 0.231. The number of para-hydroxylation sites is 1. The summed E-state index contributed by atoms with van der Waals surface area (Å²) in [6.45, 7) is 1.15. The summed E-state index contributed by atoms with van der Waals surface area (Å²) in [6.07, 6.45) is 2.17. The number of carbonyl (C=O) groups excluding carboxylic acids is 2. The molecule has 0 radical (unpaired) electrons. The number of rotatable bonds is 9. The maximum atomic E-state index is 12.7. The van der Waals surface area contributed by atoms with E-state index in [1.54, 1.807) is 54.6 Å². The number of nitrogens with one attached hydrogen (secondary N) is 2. The number of benzene rings is 3. The van der Waals surface area contributed by atoms with Gasteiger partial charge in [-0.1, -0.05) is 24.3 Å². The molecular formula is C26H25BrN2O5. The number of ether oxygens (including phenoxy) is 3. The average Bonchev–Trinajstić information content (AvgIpc) is 3.36. The third-order valence-electron chi connectivity index (χ3n) is 5.16. The second-order valence-corrected chi connectivity index (χ2v) is 8.63. The predicted octanol–water partition coefficient (Wildman–Crippen LogP) is 5.28. The third-order valence-corrected chi connectivity index (χ3v) is 5.78. The molecule has 0 aromatic heterocycles. The average molecular weight is 525 g/mol. The first kappa shape index (κ1) is 23.8. The van der Waals surface area contributed by atoms with Crippen molar-refractivity contribution in [2.45, 2.75) is 18.9 Å². The number of halogens is 1. The lowest BCUT2D eigenvalue weighted by Crippen LogP contribution is -2.20. The monoisotopic (exact) mass is 524 g/mol. The first-order valence-corrected chi connectivity index (χ1v) is 11.8. The molecule has 176 valence electrons. The quantitative estimate of drug-likeness (QED) is 0.397. The van der Waals surface area contributed by atoms with E-state index in [2.05, 4.69) is 26.6 Å². The van der Waals surface area contributed by atoms with Crippen LogP contribution in [0.2, 0.25) is 0 Å². The molecule has 1 aliphatic rings. The minimum Gasteiger partial charge on any atom is -0.490 e. The van der Waals surface area contributed by atoms with Crippen molar-refractivity contribution in [2.75, 3.05) is 30.5 Å². The largest absolute Gasteiger partial charge is 0.490 e. The SMILES string of the molecule is O=C(COc1ccccc1)Nc1cccc(NC(=O)c2ccc(OCC3CCCO3)c(Br)c2)c1. The van der Waals surface area contributed by atoms with Gasteiger partial charge in [-0.2, -0.15) is 0 Å². The van der Waals surface area contributed by atoms with Crippen LogP contribution in [0.25, 0.3) is 0 Å². The molecule has 0 aliphatic carbocycles. The van der Waals surface area contributed by atoms with Gasteiger partial charge in [-0.15, -0.1) is 0 Å². The Labute approximate surface area is 206 Å². The third kappa shape index (κ3) is 6.82. The van der Waals surface area contributed by atoms with E-state index in [9.17, 15) is 9.59 Å². The Morgan fingerprint density at radius 1 is 0.941 bits per heavy atom. The van der Waals surface area contributed by atoms with Gasteiger partial charge in [0.1, 0.15) is 18.1 Å². The summed E-state index contributed by atoms with van der Waals surface area (Å²) in [6, 6.07) is 21.2. The van der Waals surface area contributed by atoms with Crippen molar-refractivity contribution in [2.24, 2.45) is 0 Å². The smallest absolute Gasteiger partial charge is 0.262 e. The van der Waals surface area contributed by atoms with Crippen molar-refractivity contribution in [1.82, 2.24) is 0 Å². The van der Waals surface area contributed by atoms with Crippen LogP contribution >= 0.6 is 15.9 Å². The molecule has 8 heteroatoms. The minimum absolute atomic E-state index is 0.115. The van der Waals surface area contributed by atoms with Crippen LogP contribution in [0.1, 0.15) is 23.2 Å². The first-order chi connectivity index (χ1) is 16.6. The maximum absolute atomic E-state index is 12.7. The lowest BCUT2D eigenvalue weighted by Gasteiger charge is -2.13. The highest BCUT2D eigenvalue weighted by atomic mass is 79.9. The molecule has 7 nitrogen and oxygen atoms in total.